The summed E-state index contributed by atoms with van der Waals surface area (Å²) in [6, 6.07) is 0. The fourth-order valence-corrected chi connectivity index (χ4v) is 2.01. The number of hydrogen-bond donors (Lipinski definition) is 0. The Labute approximate surface area is 104 Å². The first-order chi connectivity index (χ1) is 7.49. The molecule has 0 saturated heterocycles. The highest BCUT2D eigenvalue weighted by Gasteiger charge is 2.23. The van der Waals surface area contributed by atoms with Gasteiger partial charge in [-0.15, -0.1) is 0 Å². The monoisotopic (exact) mass is 313 g/mol. The summed E-state index contributed by atoms with van der Waals surface area (Å²) in [4.78, 5) is 14.9. The molecule has 0 bridgehead atoms. The van der Waals surface area contributed by atoms with E-state index in [4.69, 9.17) is 16.3 Å². The molecule has 0 amide bonds. The number of aromatic nitrogens is 1. The van der Waals surface area contributed by atoms with Crippen LogP contribution in [-0.2, 0) is 4.74 Å². The molecule has 0 unspecified atom stereocenters. The highest BCUT2D eigenvalue weighted by molar-refractivity contribution is 9.10. The Morgan fingerprint density at radius 2 is 2.31 bits per heavy atom. The SMILES string of the molecule is CCOC(=O)c1c(Cl)cnc(C(F)F)c1Br. The maximum absolute atomic E-state index is 12.5. The quantitative estimate of drug-likeness (QED) is 0.800. The van der Waals surface area contributed by atoms with Gasteiger partial charge in [-0.05, 0) is 22.9 Å². The Kier molecular flexibility index (Phi) is 4.61. The van der Waals surface area contributed by atoms with E-state index < -0.39 is 18.1 Å². The van der Waals surface area contributed by atoms with Gasteiger partial charge in [0, 0.05) is 6.20 Å². The summed E-state index contributed by atoms with van der Waals surface area (Å²) in [6.07, 6.45) is -1.79. The minimum atomic E-state index is -2.79. The lowest BCUT2D eigenvalue weighted by molar-refractivity contribution is 0.0524. The van der Waals surface area contributed by atoms with Crippen molar-refractivity contribution in [2.75, 3.05) is 6.61 Å². The van der Waals surface area contributed by atoms with Gasteiger partial charge in [-0.1, -0.05) is 11.6 Å². The maximum atomic E-state index is 12.5. The van der Waals surface area contributed by atoms with Gasteiger partial charge in [-0.2, -0.15) is 0 Å². The van der Waals surface area contributed by atoms with Gasteiger partial charge in [-0.3, -0.25) is 4.98 Å². The summed E-state index contributed by atoms with van der Waals surface area (Å²) in [7, 11) is 0. The van der Waals surface area contributed by atoms with Crippen molar-refractivity contribution >= 4 is 33.5 Å². The smallest absolute Gasteiger partial charge is 0.340 e. The van der Waals surface area contributed by atoms with E-state index >= 15 is 0 Å². The predicted molar refractivity (Wildman–Crippen MR) is 57.9 cm³/mol. The van der Waals surface area contributed by atoms with Crippen LogP contribution in [0.4, 0.5) is 8.78 Å². The second-order valence-corrected chi connectivity index (χ2v) is 3.90. The number of esters is 1. The van der Waals surface area contributed by atoms with Crippen LogP contribution in [0.25, 0.3) is 0 Å². The van der Waals surface area contributed by atoms with Crippen LogP contribution in [0.2, 0.25) is 5.02 Å². The Morgan fingerprint density at radius 1 is 1.69 bits per heavy atom. The van der Waals surface area contributed by atoms with Gasteiger partial charge in [0.2, 0.25) is 0 Å². The number of ether oxygens (including phenoxy) is 1. The minimum absolute atomic E-state index is 0.0327. The van der Waals surface area contributed by atoms with E-state index in [1.807, 2.05) is 0 Å². The summed E-state index contributed by atoms with van der Waals surface area (Å²) in [5, 5.41) is -0.0327. The van der Waals surface area contributed by atoms with Crippen molar-refractivity contribution in [2.24, 2.45) is 0 Å². The molecule has 0 N–H and O–H groups in total. The second-order valence-electron chi connectivity index (χ2n) is 2.70. The Hall–Kier alpha value is -0.750. The third kappa shape index (κ3) is 2.68. The molecule has 0 atom stereocenters. The van der Waals surface area contributed by atoms with E-state index in [2.05, 4.69) is 20.9 Å². The van der Waals surface area contributed by atoms with Crippen LogP contribution in [-0.4, -0.2) is 17.6 Å². The molecule has 1 aromatic rings. The number of halogens is 4. The lowest BCUT2D eigenvalue weighted by Crippen LogP contribution is -2.09. The zero-order valence-electron chi connectivity index (χ0n) is 8.14. The molecule has 1 aromatic heterocycles. The summed E-state index contributed by atoms with van der Waals surface area (Å²) < 4.78 is 29.6. The highest BCUT2D eigenvalue weighted by Crippen LogP contribution is 2.32. The number of pyridine rings is 1. The first-order valence-corrected chi connectivity index (χ1v) is 5.45. The first-order valence-electron chi connectivity index (χ1n) is 4.28. The summed E-state index contributed by atoms with van der Waals surface area (Å²) in [5.74, 6) is -0.760. The number of carbonyl (C=O) groups is 1. The molecule has 0 fully saturated rings. The second kappa shape index (κ2) is 5.54. The number of carbonyl (C=O) groups excluding carboxylic acids is 1. The van der Waals surface area contributed by atoms with Crippen LogP contribution >= 0.6 is 27.5 Å². The van der Waals surface area contributed by atoms with E-state index in [0.29, 0.717) is 0 Å². The van der Waals surface area contributed by atoms with Crippen LogP contribution in [0.15, 0.2) is 10.7 Å². The molecule has 7 heteroatoms. The molecular weight excluding hydrogens is 307 g/mol. The predicted octanol–water partition coefficient (Wildman–Crippen LogP) is 3.61. The highest BCUT2D eigenvalue weighted by atomic mass is 79.9. The van der Waals surface area contributed by atoms with Crippen molar-refractivity contribution in [3.05, 3.63) is 26.9 Å². The van der Waals surface area contributed by atoms with E-state index in [1.165, 1.54) is 0 Å². The fourth-order valence-electron chi connectivity index (χ4n) is 1.02. The van der Waals surface area contributed by atoms with Crippen molar-refractivity contribution in [1.82, 2.24) is 4.98 Å². The minimum Gasteiger partial charge on any atom is -0.462 e. The Bertz CT molecular complexity index is 415. The molecular formula is C9H7BrClF2NO2. The average molecular weight is 315 g/mol. The number of hydrogen-bond acceptors (Lipinski definition) is 3. The molecule has 0 aliphatic heterocycles. The molecule has 3 nitrogen and oxygen atoms in total. The molecule has 0 saturated carbocycles. The number of nitrogens with zero attached hydrogens (tertiary/aromatic N) is 1. The van der Waals surface area contributed by atoms with Gasteiger partial charge in [0.1, 0.15) is 5.69 Å². The molecule has 0 aliphatic rings. The topological polar surface area (TPSA) is 39.2 Å². The Balaban J connectivity index is 3.26. The van der Waals surface area contributed by atoms with Crippen LogP contribution in [0.1, 0.15) is 29.4 Å². The first kappa shape index (κ1) is 13.3. The number of alkyl halides is 2. The van der Waals surface area contributed by atoms with Crippen molar-refractivity contribution in [2.45, 2.75) is 13.3 Å². The van der Waals surface area contributed by atoms with Gasteiger partial charge < -0.3 is 4.74 Å². The molecule has 1 heterocycles. The van der Waals surface area contributed by atoms with E-state index in [0.717, 1.165) is 6.20 Å². The van der Waals surface area contributed by atoms with Crippen LogP contribution < -0.4 is 0 Å². The summed E-state index contributed by atoms with van der Waals surface area (Å²) in [6.45, 7) is 1.74. The lowest BCUT2D eigenvalue weighted by Gasteiger charge is -2.09. The molecule has 0 aliphatic carbocycles. The van der Waals surface area contributed by atoms with Crippen LogP contribution in [0, 0.1) is 0 Å². The van der Waals surface area contributed by atoms with Crippen molar-refractivity contribution < 1.29 is 18.3 Å². The maximum Gasteiger partial charge on any atom is 0.340 e. The number of rotatable bonds is 3. The van der Waals surface area contributed by atoms with Gasteiger partial charge in [0.05, 0.1) is 21.7 Å². The largest absolute Gasteiger partial charge is 0.462 e. The van der Waals surface area contributed by atoms with Gasteiger partial charge in [0.25, 0.3) is 6.43 Å². The van der Waals surface area contributed by atoms with Crippen molar-refractivity contribution in [3.8, 4) is 0 Å². The molecule has 88 valence electrons. The van der Waals surface area contributed by atoms with Crippen LogP contribution in [0.3, 0.4) is 0 Å². The standard InChI is InChI=1S/C9H7BrClF2NO2/c1-2-16-9(15)5-4(11)3-14-7(6(5)10)8(12)13/h3,8H,2H2,1H3. The van der Waals surface area contributed by atoms with Gasteiger partial charge >= 0.3 is 5.97 Å². The zero-order chi connectivity index (χ0) is 12.3. The van der Waals surface area contributed by atoms with E-state index in [-0.39, 0.29) is 21.7 Å². The van der Waals surface area contributed by atoms with Gasteiger partial charge in [0.15, 0.2) is 0 Å². The van der Waals surface area contributed by atoms with Gasteiger partial charge in [-0.25, -0.2) is 13.6 Å². The average Bonchev–Trinajstić information content (AvgIpc) is 2.17. The molecule has 0 spiro atoms. The van der Waals surface area contributed by atoms with E-state index in [9.17, 15) is 13.6 Å². The van der Waals surface area contributed by atoms with E-state index in [1.54, 1.807) is 6.92 Å². The normalized spacial score (nSPS) is 10.6. The molecule has 0 aromatic carbocycles. The third-order valence-electron chi connectivity index (χ3n) is 1.69. The molecule has 1 rings (SSSR count). The summed E-state index contributed by atoms with van der Waals surface area (Å²) in [5.41, 5.74) is -0.665. The molecule has 16 heavy (non-hydrogen) atoms. The molecule has 0 radical (unpaired) electrons. The third-order valence-corrected chi connectivity index (χ3v) is 2.78. The zero-order valence-corrected chi connectivity index (χ0v) is 10.5. The van der Waals surface area contributed by atoms with Crippen molar-refractivity contribution in [1.29, 1.82) is 0 Å². The van der Waals surface area contributed by atoms with Crippen molar-refractivity contribution in [3.63, 3.8) is 0 Å². The fraction of sp³-hybridized carbons (Fsp3) is 0.333. The van der Waals surface area contributed by atoms with Crippen LogP contribution in [0.5, 0.6) is 0 Å². The Morgan fingerprint density at radius 3 is 2.81 bits per heavy atom. The summed E-state index contributed by atoms with van der Waals surface area (Å²) >= 11 is 8.57. The lowest BCUT2D eigenvalue weighted by atomic mass is 10.2.